The summed E-state index contributed by atoms with van der Waals surface area (Å²) in [5.74, 6) is 0.162. The Morgan fingerprint density at radius 3 is 2.65 bits per heavy atom. The third-order valence-electron chi connectivity index (χ3n) is 5.11. The van der Waals surface area contributed by atoms with Crippen LogP contribution in [0.25, 0.3) is 0 Å². The van der Waals surface area contributed by atoms with Gasteiger partial charge >= 0.3 is 0 Å². The third kappa shape index (κ3) is 3.53. The predicted octanol–water partition coefficient (Wildman–Crippen LogP) is 2.36. The quantitative estimate of drug-likeness (QED) is 0.718. The predicted molar refractivity (Wildman–Crippen MR) is 80.4 cm³/mol. The van der Waals surface area contributed by atoms with Crippen molar-refractivity contribution in [3.63, 3.8) is 0 Å². The van der Waals surface area contributed by atoms with Gasteiger partial charge < -0.3 is 15.8 Å². The maximum absolute atomic E-state index is 12.0. The molecule has 2 unspecified atom stereocenters. The lowest BCUT2D eigenvalue weighted by Crippen LogP contribution is -2.58. The Bertz CT molecular complexity index is 352. The number of rotatable bonds is 8. The molecule has 0 heterocycles. The van der Waals surface area contributed by atoms with E-state index in [0.717, 1.165) is 32.1 Å². The minimum absolute atomic E-state index is 0.0715. The first-order chi connectivity index (χ1) is 9.39. The number of nitrogens with two attached hydrogens (primary N) is 1. The van der Waals surface area contributed by atoms with Crippen LogP contribution in [0.15, 0.2) is 0 Å². The molecule has 1 amide bonds. The number of hydrogen-bond donors (Lipinski definition) is 2. The van der Waals surface area contributed by atoms with Gasteiger partial charge in [0.1, 0.15) is 5.54 Å². The molecule has 0 aliphatic heterocycles. The van der Waals surface area contributed by atoms with E-state index in [2.05, 4.69) is 26.1 Å². The van der Waals surface area contributed by atoms with Crippen molar-refractivity contribution in [1.82, 2.24) is 5.32 Å². The van der Waals surface area contributed by atoms with E-state index in [9.17, 15) is 4.79 Å². The minimum atomic E-state index is -0.471. The number of hydrogen-bond acceptors (Lipinski definition) is 3. The van der Waals surface area contributed by atoms with Crippen molar-refractivity contribution in [1.29, 1.82) is 0 Å². The van der Waals surface area contributed by atoms with Gasteiger partial charge in [0, 0.05) is 12.6 Å². The lowest BCUT2D eigenvalue weighted by Gasteiger charge is -2.34. The van der Waals surface area contributed by atoms with Crippen molar-refractivity contribution in [2.75, 3.05) is 6.61 Å². The molecule has 3 N–H and O–H groups in total. The normalized spacial score (nSPS) is 30.6. The molecule has 2 atom stereocenters. The summed E-state index contributed by atoms with van der Waals surface area (Å²) < 4.78 is 5.95. The first-order valence-corrected chi connectivity index (χ1v) is 8.11. The molecular formula is C16H30N2O2. The van der Waals surface area contributed by atoms with E-state index >= 15 is 0 Å². The van der Waals surface area contributed by atoms with Gasteiger partial charge in [0.25, 0.3) is 0 Å². The molecule has 0 aromatic carbocycles. The van der Waals surface area contributed by atoms with Crippen LogP contribution in [0, 0.1) is 5.92 Å². The van der Waals surface area contributed by atoms with Crippen LogP contribution in [0.2, 0.25) is 0 Å². The summed E-state index contributed by atoms with van der Waals surface area (Å²) in [6, 6.07) is 0.510. The van der Waals surface area contributed by atoms with Gasteiger partial charge in [-0.1, -0.05) is 13.3 Å². The molecule has 20 heavy (non-hydrogen) atoms. The standard InChI is InChI=1S/C16H30N2O2/c1-4-15(2,3)20-11-9-12-6-5-10-16(12,14(17)19)18-13-7-8-13/h12-13,18H,4-11H2,1-3H3,(H2,17,19). The first kappa shape index (κ1) is 15.8. The van der Waals surface area contributed by atoms with E-state index in [-0.39, 0.29) is 11.5 Å². The maximum atomic E-state index is 12.0. The lowest BCUT2D eigenvalue weighted by atomic mass is 9.83. The highest BCUT2D eigenvalue weighted by Gasteiger charge is 2.49. The van der Waals surface area contributed by atoms with Crippen molar-refractivity contribution in [3.8, 4) is 0 Å². The molecule has 2 aliphatic rings. The average molecular weight is 282 g/mol. The van der Waals surface area contributed by atoms with E-state index in [1.54, 1.807) is 0 Å². The second-order valence-corrected chi connectivity index (χ2v) is 7.09. The first-order valence-electron chi connectivity index (χ1n) is 8.11. The largest absolute Gasteiger partial charge is 0.376 e. The van der Waals surface area contributed by atoms with Crippen LogP contribution < -0.4 is 11.1 Å². The van der Waals surface area contributed by atoms with Gasteiger partial charge in [0.05, 0.1) is 5.60 Å². The van der Waals surface area contributed by atoms with Gasteiger partial charge in [-0.15, -0.1) is 0 Å². The molecule has 4 nitrogen and oxygen atoms in total. The highest BCUT2D eigenvalue weighted by molar-refractivity contribution is 5.85. The monoisotopic (exact) mass is 282 g/mol. The number of nitrogens with one attached hydrogen (secondary N) is 1. The molecule has 0 bridgehead atoms. The second kappa shape index (κ2) is 6.02. The van der Waals surface area contributed by atoms with Gasteiger partial charge in [-0.05, 0) is 58.3 Å². The molecule has 0 aromatic rings. The zero-order valence-electron chi connectivity index (χ0n) is 13.2. The van der Waals surface area contributed by atoms with Crippen molar-refractivity contribution >= 4 is 5.91 Å². The van der Waals surface area contributed by atoms with Crippen LogP contribution in [-0.2, 0) is 9.53 Å². The number of amides is 1. The van der Waals surface area contributed by atoms with E-state index < -0.39 is 5.54 Å². The van der Waals surface area contributed by atoms with Gasteiger partial charge in [0.2, 0.25) is 5.91 Å². The Balaban J connectivity index is 1.92. The minimum Gasteiger partial charge on any atom is -0.376 e. The fourth-order valence-corrected chi connectivity index (χ4v) is 3.23. The second-order valence-electron chi connectivity index (χ2n) is 7.09. The van der Waals surface area contributed by atoms with Gasteiger partial charge in [-0.2, -0.15) is 0 Å². The van der Waals surface area contributed by atoms with Crippen molar-refractivity contribution in [2.45, 2.75) is 82.9 Å². The molecule has 0 radical (unpaired) electrons. The number of carbonyl (C=O) groups excluding carboxylic acids is 1. The molecule has 116 valence electrons. The fourth-order valence-electron chi connectivity index (χ4n) is 3.23. The van der Waals surface area contributed by atoms with E-state index in [1.807, 2.05) is 0 Å². The van der Waals surface area contributed by atoms with E-state index in [0.29, 0.717) is 18.6 Å². The Kier molecular flexibility index (Phi) is 4.75. The Morgan fingerprint density at radius 1 is 1.40 bits per heavy atom. The highest BCUT2D eigenvalue weighted by atomic mass is 16.5. The van der Waals surface area contributed by atoms with Crippen LogP contribution in [0.4, 0.5) is 0 Å². The van der Waals surface area contributed by atoms with Crippen molar-refractivity contribution < 1.29 is 9.53 Å². The Labute approximate surface area is 122 Å². The summed E-state index contributed by atoms with van der Waals surface area (Å²) in [5.41, 5.74) is 5.20. The topological polar surface area (TPSA) is 64.3 Å². The lowest BCUT2D eigenvalue weighted by molar-refractivity contribution is -0.126. The smallest absolute Gasteiger partial charge is 0.238 e. The van der Waals surface area contributed by atoms with Gasteiger partial charge in [-0.3, -0.25) is 4.79 Å². The maximum Gasteiger partial charge on any atom is 0.238 e. The van der Waals surface area contributed by atoms with Gasteiger partial charge in [0.15, 0.2) is 0 Å². The summed E-state index contributed by atoms with van der Waals surface area (Å²) >= 11 is 0. The third-order valence-corrected chi connectivity index (χ3v) is 5.11. The molecule has 4 heteroatoms. The summed E-state index contributed by atoms with van der Waals surface area (Å²) in [6.45, 7) is 7.08. The number of primary amides is 1. The Hall–Kier alpha value is -0.610. The zero-order valence-corrected chi connectivity index (χ0v) is 13.2. The summed E-state index contributed by atoms with van der Waals surface area (Å²) in [6.07, 6.45) is 7.34. The van der Waals surface area contributed by atoms with E-state index in [1.165, 1.54) is 12.8 Å². The fraction of sp³-hybridized carbons (Fsp3) is 0.938. The molecular weight excluding hydrogens is 252 g/mol. The highest BCUT2D eigenvalue weighted by Crippen LogP contribution is 2.40. The average Bonchev–Trinajstić information content (AvgIpc) is 3.10. The number of ether oxygens (including phenoxy) is 1. The summed E-state index contributed by atoms with van der Waals surface area (Å²) in [7, 11) is 0. The molecule has 2 fully saturated rings. The molecule has 0 saturated heterocycles. The summed E-state index contributed by atoms with van der Waals surface area (Å²) in [4.78, 5) is 12.0. The Morgan fingerprint density at radius 2 is 2.10 bits per heavy atom. The van der Waals surface area contributed by atoms with Crippen molar-refractivity contribution in [2.24, 2.45) is 11.7 Å². The van der Waals surface area contributed by atoms with Crippen molar-refractivity contribution in [3.05, 3.63) is 0 Å². The SMILES string of the molecule is CCC(C)(C)OCCC1CCCC1(NC1CC1)C(N)=O. The summed E-state index contributed by atoms with van der Waals surface area (Å²) in [5, 5.41) is 3.55. The molecule has 2 saturated carbocycles. The molecule has 0 aromatic heterocycles. The van der Waals surface area contributed by atoms with E-state index in [4.69, 9.17) is 10.5 Å². The van der Waals surface area contributed by atoms with Crippen LogP contribution in [0.1, 0.15) is 65.7 Å². The van der Waals surface area contributed by atoms with Crippen LogP contribution in [-0.4, -0.2) is 29.7 Å². The molecule has 2 rings (SSSR count). The van der Waals surface area contributed by atoms with Crippen LogP contribution in [0.3, 0.4) is 0 Å². The number of carbonyl (C=O) groups is 1. The zero-order chi connectivity index (χ0) is 14.8. The molecule has 2 aliphatic carbocycles. The van der Waals surface area contributed by atoms with Gasteiger partial charge in [-0.25, -0.2) is 0 Å². The van der Waals surface area contributed by atoms with Crippen LogP contribution in [0.5, 0.6) is 0 Å². The molecule has 0 spiro atoms. The van der Waals surface area contributed by atoms with Crippen LogP contribution >= 0.6 is 0 Å².